The Kier molecular flexibility index (Phi) is 5.07. The molecule has 86 valence electrons. The number of thioether (sulfide) groups is 1. The van der Waals surface area contributed by atoms with Gasteiger partial charge in [-0.05, 0) is 53.3 Å². The van der Waals surface area contributed by atoms with Crippen LogP contribution in [0.15, 0.2) is 18.2 Å². The molecule has 0 heterocycles. The lowest BCUT2D eigenvalue weighted by atomic mass is 10.2. The highest BCUT2D eigenvalue weighted by molar-refractivity contribution is 14.1. The van der Waals surface area contributed by atoms with Crippen molar-refractivity contribution in [3.8, 4) is 0 Å². The van der Waals surface area contributed by atoms with Crippen LogP contribution in [0.2, 0.25) is 0 Å². The Morgan fingerprint density at radius 1 is 1.62 bits per heavy atom. The standard InChI is InChI=1S/C10H12IN3OS/c1-6-4-7(11)2-3-8(6)14-9(15)5-16-10(12)13/h2-4H,5H2,1H3,(H3,12,13)(H,14,15). The maximum Gasteiger partial charge on any atom is 0.234 e. The van der Waals surface area contributed by atoms with E-state index < -0.39 is 0 Å². The average Bonchev–Trinajstić information content (AvgIpc) is 2.19. The maximum atomic E-state index is 11.5. The lowest BCUT2D eigenvalue weighted by Gasteiger charge is -2.08. The van der Waals surface area contributed by atoms with Crippen molar-refractivity contribution in [3.05, 3.63) is 27.3 Å². The first-order valence-corrected chi connectivity index (χ1v) is 6.58. The molecule has 1 amide bonds. The highest BCUT2D eigenvalue weighted by Gasteiger charge is 2.05. The van der Waals surface area contributed by atoms with Crippen LogP contribution in [0.3, 0.4) is 0 Å². The van der Waals surface area contributed by atoms with Gasteiger partial charge in [-0.3, -0.25) is 10.2 Å². The van der Waals surface area contributed by atoms with E-state index in [-0.39, 0.29) is 16.8 Å². The second-order valence-corrected chi connectivity index (χ2v) is 5.42. The van der Waals surface area contributed by atoms with E-state index in [0.717, 1.165) is 26.6 Å². The predicted octanol–water partition coefficient (Wildman–Crippen LogP) is 2.16. The summed E-state index contributed by atoms with van der Waals surface area (Å²) in [5.74, 6) is 0.0188. The third kappa shape index (κ3) is 4.40. The Morgan fingerprint density at radius 2 is 2.31 bits per heavy atom. The second-order valence-electron chi connectivity index (χ2n) is 3.16. The van der Waals surface area contributed by atoms with Gasteiger partial charge >= 0.3 is 0 Å². The minimum Gasteiger partial charge on any atom is -0.379 e. The van der Waals surface area contributed by atoms with E-state index in [2.05, 4.69) is 27.9 Å². The smallest absolute Gasteiger partial charge is 0.234 e. The fourth-order valence-corrected chi connectivity index (χ4v) is 2.10. The SMILES string of the molecule is Cc1cc(I)ccc1NC(=O)CSC(=N)N. The van der Waals surface area contributed by atoms with Crippen molar-refractivity contribution < 1.29 is 4.79 Å². The zero-order chi connectivity index (χ0) is 12.1. The summed E-state index contributed by atoms with van der Waals surface area (Å²) in [5.41, 5.74) is 6.97. The molecular formula is C10H12IN3OS. The van der Waals surface area contributed by atoms with Gasteiger partial charge in [0.25, 0.3) is 0 Å². The number of hydrogen-bond acceptors (Lipinski definition) is 3. The number of anilines is 1. The van der Waals surface area contributed by atoms with Crippen molar-refractivity contribution in [3.63, 3.8) is 0 Å². The van der Waals surface area contributed by atoms with Crippen LogP contribution in [-0.4, -0.2) is 16.8 Å². The highest BCUT2D eigenvalue weighted by Crippen LogP contribution is 2.17. The fourth-order valence-electron chi connectivity index (χ4n) is 1.10. The largest absolute Gasteiger partial charge is 0.379 e. The number of aryl methyl sites for hydroxylation is 1. The van der Waals surface area contributed by atoms with Gasteiger partial charge in [-0.15, -0.1) is 0 Å². The third-order valence-corrected chi connectivity index (χ3v) is 3.21. The molecule has 0 aliphatic heterocycles. The molecule has 0 bridgehead atoms. The molecule has 0 spiro atoms. The first-order chi connectivity index (χ1) is 7.49. The zero-order valence-electron chi connectivity index (χ0n) is 8.71. The summed E-state index contributed by atoms with van der Waals surface area (Å²) in [5, 5.41) is 9.73. The van der Waals surface area contributed by atoms with Crippen LogP contribution < -0.4 is 11.1 Å². The van der Waals surface area contributed by atoms with Crippen molar-refractivity contribution in [2.45, 2.75) is 6.92 Å². The molecule has 1 rings (SSSR count). The van der Waals surface area contributed by atoms with Gasteiger partial charge in [0.05, 0.1) is 5.75 Å². The first kappa shape index (κ1) is 13.3. The van der Waals surface area contributed by atoms with E-state index in [1.165, 1.54) is 0 Å². The molecule has 1 aromatic carbocycles. The van der Waals surface area contributed by atoms with Crippen molar-refractivity contribution in [2.75, 3.05) is 11.1 Å². The summed E-state index contributed by atoms with van der Waals surface area (Å²) in [6.07, 6.45) is 0. The monoisotopic (exact) mass is 349 g/mol. The van der Waals surface area contributed by atoms with E-state index in [4.69, 9.17) is 11.1 Å². The second kappa shape index (κ2) is 6.09. The summed E-state index contributed by atoms with van der Waals surface area (Å²) in [6, 6.07) is 5.79. The fraction of sp³-hybridized carbons (Fsp3) is 0.200. The molecule has 0 saturated heterocycles. The van der Waals surface area contributed by atoms with Crippen molar-refractivity contribution in [1.29, 1.82) is 5.41 Å². The summed E-state index contributed by atoms with van der Waals surface area (Å²) < 4.78 is 1.13. The topological polar surface area (TPSA) is 79.0 Å². The predicted molar refractivity (Wildman–Crippen MR) is 76.9 cm³/mol. The molecule has 0 unspecified atom stereocenters. The first-order valence-electron chi connectivity index (χ1n) is 4.52. The van der Waals surface area contributed by atoms with E-state index >= 15 is 0 Å². The van der Waals surface area contributed by atoms with Gasteiger partial charge in [0.15, 0.2) is 5.17 Å². The molecule has 0 aliphatic rings. The molecule has 0 radical (unpaired) electrons. The number of hydrogen-bond donors (Lipinski definition) is 3. The molecular weight excluding hydrogens is 337 g/mol. The molecule has 0 fully saturated rings. The lowest BCUT2D eigenvalue weighted by Crippen LogP contribution is -2.17. The molecule has 4 N–H and O–H groups in total. The van der Waals surface area contributed by atoms with Gasteiger partial charge in [-0.1, -0.05) is 11.8 Å². The molecule has 0 aromatic heterocycles. The number of amides is 1. The quantitative estimate of drug-likeness (QED) is 0.445. The molecule has 1 aromatic rings. The van der Waals surface area contributed by atoms with E-state index in [9.17, 15) is 4.79 Å². The highest BCUT2D eigenvalue weighted by atomic mass is 127. The number of carbonyl (C=O) groups excluding carboxylic acids is 1. The van der Waals surface area contributed by atoms with Gasteiger partial charge < -0.3 is 11.1 Å². The number of nitrogens with one attached hydrogen (secondary N) is 2. The molecule has 0 atom stereocenters. The Hall–Kier alpha value is -0.760. The summed E-state index contributed by atoms with van der Waals surface area (Å²) >= 11 is 3.23. The van der Waals surface area contributed by atoms with E-state index in [1.807, 2.05) is 25.1 Å². The van der Waals surface area contributed by atoms with Crippen LogP contribution in [0, 0.1) is 15.9 Å². The number of halogens is 1. The van der Waals surface area contributed by atoms with Crippen LogP contribution >= 0.6 is 34.4 Å². The number of amidine groups is 1. The number of carbonyl (C=O) groups is 1. The van der Waals surface area contributed by atoms with Crippen LogP contribution in [-0.2, 0) is 4.79 Å². The average molecular weight is 349 g/mol. The minimum absolute atomic E-state index is 0.0468. The zero-order valence-corrected chi connectivity index (χ0v) is 11.7. The van der Waals surface area contributed by atoms with Gasteiger partial charge in [0.2, 0.25) is 5.91 Å². The summed E-state index contributed by atoms with van der Waals surface area (Å²) in [6.45, 7) is 1.94. The summed E-state index contributed by atoms with van der Waals surface area (Å²) in [4.78, 5) is 11.5. The number of benzene rings is 1. The summed E-state index contributed by atoms with van der Waals surface area (Å²) in [7, 11) is 0. The maximum absolute atomic E-state index is 11.5. The van der Waals surface area contributed by atoms with Gasteiger partial charge in [0.1, 0.15) is 0 Å². The molecule has 16 heavy (non-hydrogen) atoms. The number of nitrogens with two attached hydrogens (primary N) is 1. The van der Waals surface area contributed by atoms with Gasteiger partial charge in [-0.25, -0.2) is 0 Å². The van der Waals surface area contributed by atoms with Crippen molar-refractivity contribution in [2.24, 2.45) is 5.73 Å². The normalized spacial score (nSPS) is 9.88. The van der Waals surface area contributed by atoms with Crippen LogP contribution in [0.5, 0.6) is 0 Å². The lowest BCUT2D eigenvalue weighted by molar-refractivity contribution is -0.113. The van der Waals surface area contributed by atoms with Crippen molar-refractivity contribution in [1.82, 2.24) is 0 Å². The van der Waals surface area contributed by atoms with Crippen LogP contribution in [0.4, 0.5) is 5.69 Å². The molecule has 6 heteroatoms. The molecule has 4 nitrogen and oxygen atoms in total. The van der Waals surface area contributed by atoms with E-state index in [1.54, 1.807) is 0 Å². The third-order valence-electron chi connectivity index (χ3n) is 1.82. The van der Waals surface area contributed by atoms with Gasteiger partial charge in [-0.2, -0.15) is 0 Å². The van der Waals surface area contributed by atoms with Crippen LogP contribution in [0.1, 0.15) is 5.56 Å². The molecule has 0 aliphatic carbocycles. The Morgan fingerprint density at radius 3 is 2.88 bits per heavy atom. The Balaban J connectivity index is 2.59. The Bertz CT molecular complexity index is 423. The van der Waals surface area contributed by atoms with Crippen LogP contribution in [0.25, 0.3) is 0 Å². The number of rotatable bonds is 3. The van der Waals surface area contributed by atoms with Crippen molar-refractivity contribution >= 4 is 51.1 Å². The Labute approximate surface area is 112 Å². The van der Waals surface area contributed by atoms with E-state index in [0.29, 0.717) is 0 Å². The van der Waals surface area contributed by atoms with Gasteiger partial charge in [0, 0.05) is 9.26 Å². The minimum atomic E-state index is -0.149. The molecule has 0 saturated carbocycles.